The second-order valence-corrected chi connectivity index (χ2v) is 6.14. The lowest BCUT2D eigenvalue weighted by Crippen LogP contribution is -2.40. The first kappa shape index (κ1) is 16.3. The summed E-state index contributed by atoms with van der Waals surface area (Å²) in [5, 5.41) is 0. The van der Waals surface area contributed by atoms with Crippen molar-refractivity contribution in [3.63, 3.8) is 0 Å². The van der Waals surface area contributed by atoms with Crippen molar-refractivity contribution >= 4 is 11.7 Å². The van der Waals surface area contributed by atoms with E-state index in [0.717, 1.165) is 0 Å². The second-order valence-electron chi connectivity index (χ2n) is 6.14. The van der Waals surface area contributed by atoms with Crippen molar-refractivity contribution in [2.75, 3.05) is 13.1 Å². The summed E-state index contributed by atoms with van der Waals surface area (Å²) in [6.45, 7) is 2.75. The van der Waals surface area contributed by atoms with Gasteiger partial charge in [0.15, 0.2) is 5.78 Å². The second kappa shape index (κ2) is 6.91. The molecule has 1 aliphatic rings. The van der Waals surface area contributed by atoms with E-state index in [1.54, 1.807) is 42.4 Å². The molecule has 1 aromatic carbocycles. The molecular weight excluding hydrogens is 307 g/mol. The fraction of sp³-hybridized carbons (Fsp3) is 0.316. The number of carbonyl (C=O) groups excluding carboxylic acids is 2. The van der Waals surface area contributed by atoms with Crippen molar-refractivity contribution in [1.29, 1.82) is 0 Å². The van der Waals surface area contributed by atoms with Gasteiger partial charge in [0.25, 0.3) is 5.91 Å². The number of benzene rings is 1. The summed E-state index contributed by atoms with van der Waals surface area (Å²) >= 11 is 0. The molecule has 4 nitrogen and oxygen atoms in total. The third kappa shape index (κ3) is 3.35. The maximum atomic E-state index is 13.3. The van der Waals surface area contributed by atoms with Gasteiger partial charge in [-0.1, -0.05) is 0 Å². The molecule has 0 spiro atoms. The number of ketones is 1. The number of hydrogen-bond acceptors (Lipinski definition) is 3. The Balaban J connectivity index is 1.63. The topological polar surface area (TPSA) is 50.3 Å². The van der Waals surface area contributed by atoms with Gasteiger partial charge in [0.05, 0.1) is 5.56 Å². The summed E-state index contributed by atoms with van der Waals surface area (Å²) in [5.41, 5.74) is 1.59. The average Bonchev–Trinajstić information content (AvgIpc) is 2.63. The molecule has 0 bridgehead atoms. The normalized spacial score (nSPS) is 15.3. The SMILES string of the molecule is Cc1cc(C(=O)C2CCN(C(=O)c3cccnc3)CC2)ccc1F. The Kier molecular flexibility index (Phi) is 4.69. The zero-order chi connectivity index (χ0) is 17.1. The number of rotatable bonds is 3. The van der Waals surface area contributed by atoms with Gasteiger partial charge in [-0.3, -0.25) is 14.6 Å². The maximum absolute atomic E-state index is 13.3. The van der Waals surface area contributed by atoms with Crippen LogP contribution in [0.3, 0.4) is 0 Å². The fourth-order valence-electron chi connectivity index (χ4n) is 3.05. The first-order valence-corrected chi connectivity index (χ1v) is 8.06. The molecule has 1 fully saturated rings. The number of likely N-dealkylation sites (tertiary alicyclic amines) is 1. The van der Waals surface area contributed by atoms with Gasteiger partial charge in [0.2, 0.25) is 0 Å². The van der Waals surface area contributed by atoms with Gasteiger partial charge in [-0.15, -0.1) is 0 Å². The predicted molar refractivity (Wildman–Crippen MR) is 88.3 cm³/mol. The predicted octanol–water partition coefficient (Wildman–Crippen LogP) is 3.26. The molecule has 5 heteroatoms. The zero-order valence-electron chi connectivity index (χ0n) is 13.5. The average molecular weight is 326 g/mol. The van der Waals surface area contributed by atoms with Gasteiger partial charge < -0.3 is 4.90 Å². The Morgan fingerprint density at radius 1 is 1.17 bits per heavy atom. The number of piperidine rings is 1. The maximum Gasteiger partial charge on any atom is 0.255 e. The molecule has 1 amide bonds. The van der Waals surface area contributed by atoms with Crippen LogP contribution < -0.4 is 0 Å². The van der Waals surface area contributed by atoms with E-state index < -0.39 is 0 Å². The Hall–Kier alpha value is -2.56. The number of amides is 1. The smallest absolute Gasteiger partial charge is 0.255 e. The van der Waals surface area contributed by atoms with Crippen LogP contribution in [-0.2, 0) is 0 Å². The number of aromatic nitrogens is 1. The van der Waals surface area contributed by atoms with E-state index in [2.05, 4.69) is 4.98 Å². The summed E-state index contributed by atoms with van der Waals surface area (Å²) in [6, 6.07) is 7.96. The molecule has 24 heavy (non-hydrogen) atoms. The number of pyridine rings is 1. The number of nitrogens with zero attached hydrogens (tertiary/aromatic N) is 2. The summed E-state index contributed by atoms with van der Waals surface area (Å²) in [4.78, 5) is 30.7. The molecule has 1 saturated heterocycles. The van der Waals surface area contributed by atoms with Gasteiger partial charge in [0, 0.05) is 37.0 Å². The van der Waals surface area contributed by atoms with E-state index >= 15 is 0 Å². The Labute approximate surface area is 140 Å². The molecule has 0 saturated carbocycles. The minimum Gasteiger partial charge on any atom is -0.339 e. The van der Waals surface area contributed by atoms with E-state index in [9.17, 15) is 14.0 Å². The molecule has 2 aromatic rings. The van der Waals surface area contributed by atoms with Crippen LogP contribution in [0.15, 0.2) is 42.7 Å². The molecule has 124 valence electrons. The molecule has 3 rings (SSSR count). The monoisotopic (exact) mass is 326 g/mol. The first-order valence-electron chi connectivity index (χ1n) is 8.06. The first-order chi connectivity index (χ1) is 11.6. The van der Waals surface area contributed by atoms with Gasteiger partial charge in [-0.25, -0.2) is 4.39 Å². The molecular formula is C19H19FN2O2. The molecule has 0 unspecified atom stereocenters. The zero-order valence-corrected chi connectivity index (χ0v) is 13.5. The Morgan fingerprint density at radius 2 is 1.92 bits per heavy atom. The molecule has 1 aliphatic heterocycles. The van der Waals surface area contributed by atoms with Gasteiger partial charge in [-0.05, 0) is 55.7 Å². The summed E-state index contributed by atoms with van der Waals surface area (Å²) in [6.07, 6.45) is 4.44. The quantitative estimate of drug-likeness (QED) is 0.814. The highest BCUT2D eigenvalue weighted by Gasteiger charge is 2.28. The number of halogens is 1. The lowest BCUT2D eigenvalue weighted by molar-refractivity contribution is 0.0650. The van der Waals surface area contributed by atoms with Crippen LogP contribution in [0.1, 0.15) is 39.1 Å². The number of Topliss-reactive ketones (excluding diaryl/α,β-unsaturated/α-hetero) is 1. The van der Waals surface area contributed by atoms with Crippen LogP contribution in [0.5, 0.6) is 0 Å². The van der Waals surface area contributed by atoms with Gasteiger partial charge in [0.1, 0.15) is 5.82 Å². The van der Waals surface area contributed by atoms with Crippen molar-refractivity contribution in [1.82, 2.24) is 9.88 Å². The van der Waals surface area contributed by atoms with Crippen molar-refractivity contribution in [3.05, 3.63) is 65.2 Å². The summed E-state index contributed by atoms with van der Waals surface area (Å²) < 4.78 is 13.3. The molecule has 0 atom stereocenters. The van der Waals surface area contributed by atoms with Gasteiger partial charge in [-0.2, -0.15) is 0 Å². The van der Waals surface area contributed by atoms with E-state index in [0.29, 0.717) is 42.6 Å². The van der Waals surface area contributed by atoms with E-state index in [1.807, 2.05) is 0 Å². The highest BCUT2D eigenvalue weighted by atomic mass is 19.1. The molecule has 0 N–H and O–H groups in total. The van der Waals surface area contributed by atoms with Crippen molar-refractivity contribution in [2.45, 2.75) is 19.8 Å². The molecule has 0 aliphatic carbocycles. The Morgan fingerprint density at radius 3 is 2.54 bits per heavy atom. The third-order valence-corrected chi connectivity index (χ3v) is 4.50. The number of carbonyl (C=O) groups is 2. The van der Waals surface area contributed by atoms with Crippen LogP contribution in [0.25, 0.3) is 0 Å². The molecule has 2 heterocycles. The number of aryl methyl sites for hydroxylation is 1. The summed E-state index contributed by atoms with van der Waals surface area (Å²) in [5.74, 6) is -0.436. The lowest BCUT2D eigenvalue weighted by Gasteiger charge is -2.31. The van der Waals surface area contributed by atoms with Crippen molar-refractivity contribution in [3.8, 4) is 0 Å². The van der Waals surface area contributed by atoms with Crippen LogP contribution >= 0.6 is 0 Å². The lowest BCUT2D eigenvalue weighted by atomic mass is 9.88. The molecule has 1 aromatic heterocycles. The van der Waals surface area contributed by atoms with E-state index in [4.69, 9.17) is 0 Å². The van der Waals surface area contributed by atoms with E-state index in [1.165, 1.54) is 12.1 Å². The Bertz CT molecular complexity index is 753. The minimum atomic E-state index is -0.302. The van der Waals surface area contributed by atoms with E-state index in [-0.39, 0.29) is 23.4 Å². The van der Waals surface area contributed by atoms with Crippen LogP contribution in [0, 0.1) is 18.7 Å². The minimum absolute atomic E-state index is 0.0339. The largest absolute Gasteiger partial charge is 0.339 e. The standard InChI is InChI=1S/C19H19FN2O2/c1-13-11-15(4-5-17(13)20)18(23)14-6-9-22(10-7-14)19(24)16-3-2-8-21-12-16/h2-5,8,11-12,14H,6-7,9-10H2,1H3. The van der Waals surface area contributed by atoms with Crippen molar-refractivity contribution in [2.24, 2.45) is 5.92 Å². The highest BCUT2D eigenvalue weighted by Crippen LogP contribution is 2.23. The third-order valence-electron chi connectivity index (χ3n) is 4.50. The van der Waals surface area contributed by atoms with Crippen LogP contribution in [0.2, 0.25) is 0 Å². The highest BCUT2D eigenvalue weighted by molar-refractivity contribution is 5.98. The van der Waals surface area contributed by atoms with Gasteiger partial charge >= 0.3 is 0 Å². The molecule has 0 radical (unpaired) electrons. The van der Waals surface area contributed by atoms with Crippen LogP contribution in [0.4, 0.5) is 4.39 Å². The van der Waals surface area contributed by atoms with Crippen LogP contribution in [-0.4, -0.2) is 34.7 Å². The fourth-order valence-corrected chi connectivity index (χ4v) is 3.05. The number of hydrogen-bond donors (Lipinski definition) is 0. The summed E-state index contributed by atoms with van der Waals surface area (Å²) in [7, 11) is 0. The van der Waals surface area contributed by atoms with Crippen molar-refractivity contribution < 1.29 is 14.0 Å².